The lowest BCUT2D eigenvalue weighted by Gasteiger charge is -2.41. The molecule has 2 rings (SSSR count). The molecule has 5 N–H and O–H groups in total. The number of nitrogens with one attached hydrogen (secondary N) is 4. The molecule has 0 aromatic heterocycles. The summed E-state index contributed by atoms with van der Waals surface area (Å²) < 4.78 is 6.07. The van der Waals surface area contributed by atoms with Crippen LogP contribution in [0.25, 0.3) is 0 Å². The maximum atomic E-state index is 15.3. The minimum atomic E-state index is -1.64. The molecular weight excluding hydrogens is 1170 g/mol. The van der Waals surface area contributed by atoms with E-state index in [2.05, 4.69) is 27.8 Å². The first kappa shape index (κ1) is 80.7. The summed E-state index contributed by atoms with van der Waals surface area (Å²) in [6, 6.07) is -13.8. The number of amides is 11. The van der Waals surface area contributed by atoms with Crippen molar-refractivity contribution in [2.75, 3.05) is 55.4 Å². The van der Waals surface area contributed by atoms with Gasteiger partial charge in [-0.05, 0) is 101 Å². The molecule has 0 bridgehead atoms. The maximum absolute atomic E-state index is 15.3. The van der Waals surface area contributed by atoms with E-state index in [4.69, 9.17) is 4.74 Å². The number of rotatable bonds is 18. The zero-order chi connectivity index (χ0) is 70.0. The highest BCUT2D eigenvalue weighted by atomic mass is 16.5. The Morgan fingerprint density at radius 3 is 1.42 bits per heavy atom. The monoisotopic (exact) mass is 1280 g/mol. The van der Waals surface area contributed by atoms with Crippen molar-refractivity contribution in [3.8, 4) is 0 Å². The largest absolute Gasteiger partial charge is 0.390 e. The minimum absolute atomic E-state index is 0.000792. The van der Waals surface area contributed by atoms with Crippen molar-refractivity contribution in [1.29, 1.82) is 0 Å². The second-order valence-electron chi connectivity index (χ2n) is 27.8. The van der Waals surface area contributed by atoms with Crippen LogP contribution in [0.5, 0.6) is 0 Å². The highest BCUT2D eigenvalue weighted by Crippen LogP contribution is 2.29. The van der Waals surface area contributed by atoms with E-state index in [9.17, 15) is 29.1 Å². The molecule has 2 heterocycles. The first-order valence-corrected chi connectivity index (χ1v) is 32.9. The molecule has 0 spiro atoms. The zero-order valence-electron chi connectivity index (χ0n) is 59.3. The van der Waals surface area contributed by atoms with E-state index in [0.717, 1.165) is 4.90 Å². The summed E-state index contributed by atoms with van der Waals surface area (Å²) in [5, 5.41) is 23.4. The van der Waals surface area contributed by atoms with Crippen LogP contribution in [0.1, 0.15) is 163 Å². The summed E-state index contributed by atoms with van der Waals surface area (Å²) in [4.78, 5) is 172. The van der Waals surface area contributed by atoms with Crippen LogP contribution in [0.15, 0.2) is 24.8 Å². The summed E-state index contributed by atoms with van der Waals surface area (Å²) in [6.07, 6.45) is 3.76. The predicted octanol–water partition coefficient (Wildman–Crippen LogP) is 3.98. The molecule has 11 amide bonds. The van der Waals surface area contributed by atoms with E-state index in [0.29, 0.717) is 6.42 Å². The zero-order valence-corrected chi connectivity index (χ0v) is 59.3. The number of likely N-dealkylation sites (N-methyl/N-ethyl adjacent to an activating group) is 6. The molecule has 91 heavy (non-hydrogen) atoms. The van der Waals surface area contributed by atoms with Gasteiger partial charge in [-0.2, -0.15) is 0 Å². The van der Waals surface area contributed by atoms with Gasteiger partial charge in [0.15, 0.2) is 0 Å². The number of nitrogens with zero attached hydrogens (tertiary/aromatic N) is 7. The Balaban J connectivity index is 3.09. The third-order valence-corrected chi connectivity index (χ3v) is 17.6. The van der Waals surface area contributed by atoms with Crippen LogP contribution in [0.2, 0.25) is 0 Å². The molecule has 14 atom stereocenters. The number of allylic oxidation sites excluding steroid dienone is 2. The standard InChI is InChI=1S/C67H117N11O13/c1-25-28-29-43(16)56(79)55-60(83)70-47(27-3)62(85)78-36-46(91-30-26-2)35-52(78)65(88)72(19)49(32-38(6)7)59(82)71-53(41(12)13)66(89)73(20)48(31-37(4)5)58(81)68-44(17)57(80)69-45(18)61(84)74(21)50(33-39(8)9)63(86)75(22)51(34-40(10)11)64(87)76(23)54(42(14)15)67(90)77(55)24/h25-26,28,37-56,79H,2,27,29-36H2,1,3-24H3,(H,68,81)(H,69,80)(H,70,83)(H,71,82)/b28-25+/t43-,44+,45-,46?,47+,48+,49+,50+,51+,52-,53+,54+,55+,56-/m1/s1. The lowest BCUT2D eigenvalue weighted by molar-refractivity contribution is -0.157. The SMILES string of the molecule is C=CCOC1C[C@@H]2C(=O)N(C)[C@@H](CC(C)C)C(=O)N[C@@H](C(C)C)C(=O)N(C)[C@@H](CC(C)C)C(=O)N[C@@H](C)C(=O)N[C@H](C)C(=O)N(C)[C@@H](CC(C)C)C(=O)N(C)[C@@H](CC(C)C)C(=O)N(C)[C@@H](C(C)C)C(=O)N(C)[C@@H]([C@H](O)[C@H](C)C/C=C/C)C(=O)N[C@@H](CC)C(=O)N2C1. The molecule has 24 nitrogen and oxygen atoms in total. The molecule has 0 saturated carbocycles. The van der Waals surface area contributed by atoms with Crippen LogP contribution < -0.4 is 21.3 Å². The third kappa shape index (κ3) is 21.8. The van der Waals surface area contributed by atoms with Crippen LogP contribution in [0.3, 0.4) is 0 Å². The Hall–Kier alpha value is -6.43. The number of carbonyl (C=O) groups is 11. The Morgan fingerprint density at radius 2 is 0.956 bits per heavy atom. The highest BCUT2D eigenvalue weighted by molar-refractivity contribution is 6.00. The molecule has 2 aliphatic heterocycles. The molecule has 0 aromatic rings. The number of fused-ring (bicyclic) bond motifs is 1. The first-order valence-electron chi connectivity index (χ1n) is 32.9. The fraction of sp³-hybridized carbons (Fsp3) is 0.776. The number of aliphatic hydroxyl groups is 1. The van der Waals surface area contributed by atoms with Crippen LogP contribution in [0, 0.1) is 41.4 Å². The van der Waals surface area contributed by atoms with Gasteiger partial charge in [0.1, 0.15) is 66.5 Å². The lowest BCUT2D eigenvalue weighted by Crippen LogP contribution is -2.64. The van der Waals surface area contributed by atoms with Crippen LogP contribution >= 0.6 is 0 Å². The molecule has 0 radical (unpaired) electrons. The van der Waals surface area contributed by atoms with E-state index in [1.807, 2.05) is 61.5 Å². The molecule has 2 saturated heterocycles. The van der Waals surface area contributed by atoms with Crippen molar-refractivity contribution in [3.63, 3.8) is 0 Å². The number of hydrogen-bond donors (Lipinski definition) is 5. The van der Waals surface area contributed by atoms with E-state index < -0.39 is 161 Å². The number of hydrogen-bond acceptors (Lipinski definition) is 13. The number of aliphatic hydroxyl groups excluding tert-OH is 1. The van der Waals surface area contributed by atoms with Gasteiger partial charge in [-0.15, -0.1) is 6.58 Å². The molecule has 0 aliphatic carbocycles. The van der Waals surface area contributed by atoms with Gasteiger partial charge in [0, 0.05) is 55.3 Å². The van der Waals surface area contributed by atoms with E-state index >= 15 is 28.8 Å². The maximum Gasteiger partial charge on any atom is 0.246 e. The van der Waals surface area contributed by atoms with Crippen LogP contribution in [0.4, 0.5) is 0 Å². The van der Waals surface area contributed by atoms with Crippen molar-refractivity contribution < 1.29 is 62.6 Å². The van der Waals surface area contributed by atoms with Crippen molar-refractivity contribution >= 4 is 65.0 Å². The van der Waals surface area contributed by atoms with Crippen molar-refractivity contribution in [2.24, 2.45) is 41.4 Å². The normalized spacial score (nSPS) is 28.1. The second-order valence-corrected chi connectivity index (χ2v) is 27.8. The van der Waals surface area contributed by atoms with E-state index in [1.54, 1.807) is 54.5 Å². The minimum Gasteiger partial charge on any atom is -0.390 e. The van der Waals surface area contributed by atoms with Crippen molar-refractivity contribution in [3.05, 3.63) is 24.8 Å². The Kier molecular flexibility index (Phi) is 32.5. The topological polar surface area (TPSA) is 288 Å². The fourth-order valence-electron chi connectivity index (χ4n) is 12.0. The quantitative estimate of drug-likeness (QED) is 0.122. The summed E-state index contributed by atoms with van der Waals surface area (Å²) in [5.41, 5.74) is 0. The smallest absolute Gasteiger partial charge is 0.246 e. The predicted molar refractivity (Wildman–Crippen MR) is 351 cm³/mol. The van der Waals surface area contributed by atoms with Gasteiger partial charge in [0.2, 0.25) is 65.0 Å². The molecule has 24 heteroatoms. The Labute approximate surface area is 544 Å². The molecule has 518 valence electrons. The summed E-state index contributed by atoms with van der Waals surface area (Å²) in [7, 11) is 8.59. The second kappa shape index (κ2) is 36.7. The van der Waals surface area contributed by atoms with E-state index in [-0.39, 0.29) is 75.3 Å². The number of carbonyl (C=O) groups excluding carboxylic acids is 11. The molecule has 1 unspecified atom stereocenters. The summed E-state index contributed by atoms with van der Waals surface area (Å²) >= 11 is 0. The van der Waals surface area contributed by atoms with Gasteiger partial charge in [-0.1, -0.05) is 115 Å². The number of ether oxygens (including phenoxy) is 1. The summed E-state index contributed by atoms with van der Waals surface area (Å²) in [6.45, 7) is 33.7. The highest BCUT2D eigenvalue weighted by Gasteiger charge is 2.49. The van der Waals surface area contributed by atoms with Gasteiger partial charge in [0.25, 0.3) is 0 Å². The Morgan fingerprint density at radius 1 is 0.516 bits per heavy atom. The molecule has 2 fully saturated rings. The molecular formula is C67H117N11O13. The average Bonchev–Trinajstić information content (AvgIpc) is 1.80. The van der Waals surface area contributed by atoms with Gasteiger partial charge < -0.3 is 65.4 Å². The van der Waals surface area contributed by atoms with Gasteiger partial charge in [-0.3, -0.25) is 52.7 Å². The van der Waals surface area contributed by atoms with Crippen molar-refractivity contribution in [2.45, 2.75) is 241 Å². The molecule has 2 aliphatic rings. The third-order valence-electron chi connectivity index (χ3n) is 17.6. The Bertz CT molecular complexity index is 2540. The van der Waals surface area contributed by atoms with Crippen LogP contribution in [-0.2, 0) is 57.5 Å². The van der Waals surface area contributed by atoms with Gasteiger partial charge in [-0.25, -0.2) is 0 Å². The lowest BCUT2D eigenvalue weighted by atomic mass is 9.91. The first-order chi connectivity index (χ1) is 42.2. The fourth-order valence-corrected chi connectivity index (χ4v) is 12.0. The summed E-state index contributed by atoms with van der Waals surface area (Å²) in [5.74, 6) is -9.90. The molecule has 0 aromatic carbocycles. The van der Waals surface area contributed by atoms with E-state index in [1.165, 1.54) is 91.6 Å². The average molecular weight is 1280 g/mol. The van der Waals surface area contributed by atoms with Crippen molar-refractivity contribution in [1.82, 2.24) is 55.6 Å². The van der Waals surface area contributed by atoms with Gasteiger partial charge in [0.05, 0.1) is 18.8 Å². The van der Waals surface area contributed by atoms with Gasteiger partial charge >= 0.3 is 0 Å². The van der Waals surface area contributed by atoms with Crippen LogP contribution in [-0.4, -0.2) is 238 Å².